The van der Waals surface area contributed by atoms with Gasteiger partial charge >= 0.3 is 5.97 Å². The zero-order valence-electron chi connectivity index (χ0n) is 6.75. The molecule has 1 fully saturated rings. The maximum atomic E-state index is 10.6. The molecule has 0 spiro atoms. The molecule has 0 saturated heterocycles. The summed E-state index contributed by atoms with van der Waals surface area (Å²) in [5, 5.41) is 8.75. The van der Waals surface area contributed by atoms with Gasteiger partial charge in [-0.05, 0) is 18.8 Å². The third kappa shape index (κ3) is 1.93. The van der Waals surface area contributed by atoms with Crippen LogP contribution in [0.1, 0.15) is 19.3 Å². The molecule has 1 rings (SSSR count). The summed E-state index contributed by atoms with van der Waals surface area (Å²) in [6.45, 7) is 0.594. The lowest BCUT2D eigenvalue weighted by atomic mass is 9.97. The van der Waals surface area contributed by atoms with Crippen LogP contribution in [0.5, 0.6) is 0 Å². The van der Waals surface area contributed by atoms with Gasteiger partial charge in [0.15, 0.2) is 0 Å². The maximum absolute atomic E-state index is 10.6. The van der Waals surface area contributed by atoms with Gasteiger partial charge in [0.2, 0.25) is 0 Å². The van der Waals surface area contributed by atoms with Gasteiger partial charge in [0, 0.05) is 13.7 Å². The van der Waals surface area contributed by atoms with Crippen LogP contribution in [0.3, 0.4) is 0 Å². The van der Waals surface area contributed by atoms with Crippen molar-refractivity contribution in [2.75, 3.05) is 13.7 Å². The van der Waals surface area contributed by atoms with Crippen LogP contribution in [0.25, 0.3) is 0 Å². The van der Waals surface area contributed by atoms with Crippen molar-refractivity contribution in [3.05, 3.63) is 0 Å². The molecule has 3 nitrogen and oxygen atoms in total. The number of carboxylic acid groups (broad SMARTS) is 1. The quantitative estimate of drug-likeness (QED) is 0.669. The van der Waals surface area contributed by atoms with E-state index in [1.807, 2.05) is 0 Å². The molecule has 1 saturated carbocycles. The summed E-state index contributed by atoms with van der Waals surface area (Å²) in [5.41, 5.74) is 0. The second-order valence-corrected chi connectivity index (χ2v) is 3.09. The van der Waals surface area contributed by atoms with Crippen molar-refractivity contribution >= 4 is 5.97 Å². The standard InChI is InChI=1S/C8H14O3/c1-11-5-6-3-2-4-7(6)8(9)10/h6-7H,2-5H2,1H3,(H,9,10)/t6-,7-/m0/s1. The monoisotopic (exact) mass is 158 g/mol. The van der Waals surface area contributed by atoms with Gasteiger partial charge in [0.1, 0.15) is 0 Å². The predicted octanol–water partition coefficient (Wildman–Crippen LogP) is 1.13. The molecule has 0 aliphatic heterocycles. The van der Waals surface area contributed by atoms with E-state index in [9.17, 15) is 4.79 Å². The number of ether oxygens (including phenoxy) is 1. The Bertz CT molecular complexity index is 144. The summed E-state index contributed by atoms with van der Waals surface area (Å²) in [6, 6.07) is 0. The molecule has 64 valence electrons. The molecule has 0 heterocycles. The Morgan fingerprint density at radius 3 is 2.91 bits per heavy atom. The van der Waals surface area contributed by atoms with Crippen LogP contribution in [0, 0.1) is 11.8 Å². The van der Waals surface area contributed by atoms with Crippen LogP contribution in [-0.2, 0) is 9.53 Å². The maximum Gasteiger partial charge on any atom is 0.306 e. The molecule has 3 heteroatoms. The van der Waals surface area contributed by atoms with Gasteiger partial charge in [-0.25, -0.2) is 0 Å². The van der Waals surface area contributed by atoms with Crippen LogP contribution < -0.4 is 0 Å². The van der Waals surface area contributed by atoms with Gasteiger partial charge in [0.05, 0.1) is 5.92 Å². The number of aliphatic carboxylic acids is 1. The van der Waals surface area contributed by atoms with E-state index in [0.717, 1.165) is 19.3 Å². The molecule has 0 radical (unpaired) electrons. The third-order valence-electron chi connectivity index (χ3n) is 2.36. The number of rotatable bonds is 3. The minimum Gasteiger partial charge on any atom is -0.481 e. The lowest BCUT2D eigenvalue weighted by Crippen LogP contribution is -2.21. The second-order valence-electron chi connectivity index (χ2n) is 3.09. The molecule has 0 aromatic heterocycles. The third-order valence-corrected chi connectivity index (χ3v) is 2.36. The summed E-state index contributed by atoms with van der Waals surface area (Å²) in [4.78, 5) is 10.6. The summed E-state index contributed by atoms with van der Waals surface area (Å²) in [6.07, 6.45) is 2.86. The van der Waals surface area contributed by atoms with Gasteiger partial charge in [0.25, 0.3) is 0 Å². The van der Waals surface area contributed by atoms with Crippen molar-refractivity contribution < 1.29 is 14.6 Å². The van der Waals surface area contributed by atoms with Crippen molar-refractivity contribution in [3.8, 4) is 0 Å². The topological polar surface area (TPSA) is 46.5 Å². The number of methoxy groups -OCH3 is 1. The second kappa shape index (κ2) is 3.72. The number of carboxylic acids is 1. The fraction of sp³-hybridized carbons (Fsp3) is 0.875. The zero-order chi connectivity index (χ0) is 8.27. The van der Waals surface area contributed by atoms with E-state index in [1.54, 1.807) is 7.11 Å². The first kappa shape index (κ1) is 8.53. The average Bonchev–Trinajstić information content (AvgIpc) is 2.36. The van der Waals surface area contributed by atoms with Gasteiger partial charge in [-0.15, -0.1) is 0 Å². The highest BCUT2D eigenvalue weighted by Gasteiger charge is 2.32. The van der Waals surface area contributed by atoms with Gasteiger partial charge < -0.3 is 9.84 Å². The molecule has 1 aliphatic carbocycles. The Kier molecular flexibility index (Phi) is 2.88. The molecule has 1 N–H and O–H groups in total. The minimum absolute atomic E-state index is 0.157. The highest BCUT2D eigenvalue weighted by atomic mass is 16.5. The average molecular weight is 158 g/mol. The van der Waals surface area contributed by atoms with Gasteiger partial charge in [-0.1, -0.05) is 6.42 Å². The number of hydrogen-bond donors (Lipinski definition) is 1. The highest BCUT2D eigenvalue weighted by Crippen LogP contribution is 2.31. The minimum atomic E-state index is -0.662. The number of carbonyl (C=O) groups is 1. The van der Waals surface area contributed by atoms with Crippen molar-refractivity contribution in [2.45, 2.75) is 19.3 Å². The van der Waals surface area contributed by atoms with E-state index in [-0.39, 0.29) is 11.8 Å². The fourth-order valence-electron chi connectivity index (χ4n) is 1.78. The van der Waals surface area contributed by atoms with Crippen molar-refractivity contribution in [1.29, 1.82) is 0 Å². The van der Waals surface area contributed by atoms with Crippen LogP contribution in [0.2, 0.25) is 0 Å². The summed E-state index contributed by atoms with van der Waals surface area (Å²) in [5.74, 6) is -0.572. The van der Waals surface area contributed by atoms with Crippen molar-refractivity contribution in [3.63, 3.8) is 0 Å². The highest BCUT2D eigenvalue weighted by molar-refractivity contribution is 5.70. The lowest BCUT2D eigenvalue weighted by Gasteiger charge is -2.13. The van der Waals surface area contributed by atoms with Crippen LogP contribution >= 0.6 is 0 Å². The number of hydrogen-bond acceptors (Lipinski definition) is 2. The molecule has 11 heavy (non-hydrogen) atoms. The van der Waals surface area contributed by atoms with Crippen LogP contribution in [0.4, 0.5) is 0 Å². The van der Waals surface area contributed by atoms with Gasteiger partial charge in [-0.3, -0.25) is 4.79 Å². The van der Waals surface area contributed by atoms with Gasteiger partial charge in [-0.2, -0.15) is 0 Å². The van der Waals surface area contributed by atoms with E-state index in [4.69, 9.17) is 9.84 Å². The molecule has 2 atom stereocenters. The Labute approximate surface area is 66.4 Å². The normalized spacial score (nSPS) is 30.6. The SMILES string of the molecule is COC[C@@H]1CCC[C@@H]1C(=O)O. The van der Waals surface area contributed by atoms with E-state index in [1.165, 1.54) is 0 Å². The first-order valence-electron chi connectivity index (χ1n) is 3.97. The summed E-state index contributed by atoms with van der Waals surface area (Å²) < 4.78 is 4.94. The molecule has 0 aromatic rings. The molecule has 0 aromatic carbocycles. The molecular weight excluding hydrogens is 144 g/mol. The Hall–Kier alpha value is -0.570. The summed E-state index contributed by atoms with van der Waals surface area (Å²) >= 11 is 0. The van der Waals surface area contributed by atoms with Crippen LogP contribution in [-0.4, -0.2) is 24.8 Å². The van der Waals surface area contributed by atoms with Crippen LogP contribution in [0.15, 0.2) is 0 Å². The molecule has 0 bridgehead atoms. The molecule has 0 amide bonds. The summed E-state index contributed by atoms with van der Waals surface area (Å²) in [7, 11) is 1.62. The first-order chi connectivity index (χ1) is 5.25. The van der Waals surface area contributed by atoms with Crippen molar-refractivity contribution in [1.82, 2.24) is 0 Å². The molecule has 0 unspecified atom stereocenters. The Balaban J connectivity index is 2.44. The Morgan fingerprint density at radius 2 is 2.36 bits per heavy atom. The van der Waals surface area contributed by atoms with E-state index in [0.29, 0.717) is 6.61 Å². The molecule has 1 aliphatic rings. The largest absolute Gasteiger partial charge is 0.481 e. The van der Waals surface area contributed by atoms with E-state index in [2.05, 4.69) is 0 Å². The first-order valence-corrected chi connectivity index (χ1v) is 3.97. The van der Waals surface area contributed by atoms with E-state index < -0.39 is 5.97 Å². The Morgan fingerprint density at radius 1 is 1.64 bits per heavy atom. The smallest absolute Gasteiger partial charge is 0.306 e. The fourth-order valence-corrected chi connectivity index (χ4v) is 1.78. The van der Waals surface area contributed by atoms with Crippen molar-refractivity contribution in [2.24, 2.45) is 11.8 Å². The lowest BCUT2D eigenvalue weighted by molar-refractivity contribution is -0.143. The molecular formula is C8H14O3. The zero-order valence-corrected chi connectivity index (χ0v) is 6.75. The van der Waals surface area contributed by atoms with E-state index >= 15 is 0 Å². The predicted molar refractivity (Wildman–Crippen MR) is 40.3 cm³/mol.